The molecule has 0 radical (unpaired) electrons. The molecular formula is C11H12ClN5O. The van der Waals surface area contributed by atoms with Gasteiger partial charge in [-0.25, -0.2) is 9.97 Å². The van der Waals surface area contributed by atoms with Crippen molar-refractivity contribution < 1.29 is 4.79 Å². The van der Waals surface area contributed by atoms with E-state index >= 15 is 0 Å². The van der Waals surface area contributed by atoms with Crippen LogP contribution in [0.3, 0.4) is 0 Å². The molecule has 0 bridgehead atoms. The van der Waals surface area contributed by atoms with Crippen LogP contribution in [0.25, 0.3) is 0 Å². The molecule has 18 heavy (non-hydrogen) atoms. The number of nitrogens with one attached hydrogen (secondary N) is 1. The van der Waals surface area contributed by atoms with Crippen molar-refractivity contribution in [3.05, 3.63) is 35.6 Å². The average molecular weight is 266 g/mol. The van der Waals surface area contributed by atoms with Gasteiger partial charge in [0.15, 0.2) is 5.15 Å². The number of halogens is 1. The first-order chi connectivity index (χ1) is 8.66. The lowest BCUT2D eigenvalue weighted by Crippen LogP contribution is -2.16. The number of carbonyl (C=O) groups is 1. The van der Waals surface area contributed by atoms with Crippen LogP contribution >= 0.6 is 11.6 Å². The summed E-state index contributed by atoms with van der Waals surface area (Å²) in [4.78, 5) is 19.5. The molecule has 0 atom stereocenters. The fraction of sp³-hybridized carbons (Fsp3) is 0.273. The Hall–Kier alpha value is -1.95. The highest BCUT2D eigenvalue weighted by Crippen LogP contribution is 2.22. The maximum absolute atomic E-state index is 11.8. The van der Waals surface area contributed by atoms with Gasteiger partial charge in [-0.2, -0.15) is 5.10 Å². The van der Waals surface area contributed by atoms with E-state index in [0.717, 1.165) is 5.56 Å². The Morgan fingerprint density at radius 3 is 3.06 bits per heavy atom. The Labute approximate surface area is 109 Å². The topological polar surface area (TPSA) is 72.7 Å². The molecule has 0 aliphatic carbocycles. The minimum absolute atomic E-state index is 0.136. The zero-order chi connectivity index (χ0) is 13.0. The van der Waals surface area contributed by atoms with Crippen LogP contribution in [0.2, 0.25) is 5.15 Å². The highest BCUT2D eigenvalue weighted by molar-refractivity contribution is 6.32. The molecule has 0 aliphatic rings. The molecule has 0 spiro atoms. The summed E-state index contributed by atoms with van der Waals surface area (Å²) in [5.74, 6) is -0.136. The van der Waals surface area contributed by atoms with Crippen molar-refractivity contribution in [2.24, 2.45) is 0 Å². The lowest BCUT2D eigenvalue weighted by Gasteiger charge is -2.09. The van der Waals surface area contributed by atoms with Gasteiger partial charge >= 0.3 is 0 Å². The van der Waals surface area contributed by atoms with Gasteiger partial charge in [0.2, 0.25) is 5.91 Å². The molecule has 1 N–H and O–H groups in total. The molecule has 2 aromatic rings. The molecule has 2 aromatic heterocycles. The number of anilines is 1. The average Bonchev–Trinajstić information content (AvgIpc) is 2.84. The minimum Gasteiger partial charge on any atom is -0.323 e. The van der Waals surface area contributed by atoms with Gasteiger partial charge in [0, 0.05) is 12.6 Å². The SMILES string of the molecule is Cc1ccnc(Cl)c1NC(=O)CCn1cncn1. The normalized spacial score (nSPS) is 10.3. The highest BCUT2D eigenvalue weighted by Gasteiger charge is 2.09. The number of aromatic nitrogens is 4. The first-order valence-electron chi connectivity index (χ1n) is 5.40. The van der Waals surface area contributed by atoms with Crippen molar-refractivity contribution in [1.29, 1.82) is 0 Å². The Balaban J connectivity index is 1.95. The second-order valence-corrected chi connectivity index (χ2v) is 4.11. The Morgan fingerprint density at radius 2 is 2.39 bits per heavy atom. The number of aryl methyl sites for hydroxylation is 2. The van der Waals surface area contributed by atoms with E-state index in [1.54, 1.807) is 23.3 Å². The minimum atomic E-state index is -0.136. The van der Waals surface area contributed by atoms with Gasteiger partial charge in [-0.1, -0.05) is 11.6 Å². The van der Waals surface area contributed by atoms with Gasteiger partial charge in [0.1, 0.15) is 12.7 Å². The number of hydrogen-bond acceptors (Lipinski definition) is 4. The number of hydrogen-bond donors (Lipinski definition) is 1. The fourth-order valence-corrected chi connectivity index (χ4v) is 1.69. The van der Waals surface area contributed by atoms with Crippen molar-refractivity contribution in [2.45, 2.75) is 19.9 Å². The van der Waals surface area contributed by atoms with E-state index in [4.69, 9.17) is 11.6 Å². The zero-order valence-corrected chi connectivity index (χ0v) is 10.6. The molecule has 6 nitrogen and oxygen atoms in total. The number of carbonyl (C=O) groups excluding carboxylic acids is 1. The van der Waals surface area contributed by atoms with E-state index in [0.29, 0.717) is 23.8 Å². The maximum Gasteiger partial charge on any atom is 0.226 e. The molecule has 2 rings (SSSR count). The van der Waals surface area contributed by atoms with Crippen molar-refractivity contribution in [2.75, 3.05) is 5.32 Å². The molecule has 0 unspecified atom stereocenters. The summed E-state index contributed by atoms with van der Waals surface area (Å²) in [5, 5.41) is 6.96. The maximum atomic E-state index is 11.8. The van der Waals surface area contributed by atoms with Crippen LogP contribution < -0.4 is 5.32 Å². The monoisotopic (exact) mass is 265 g/mol. The number of rotatable bonds is 4. The molecule has 2 heterocycles. The molecule has 0 aliphatic heterocycles. The van der Waals surface area contributed by atoms with E-state index in [9.17, 15) is 4.79 Å². The standard InChI is InChI=1S/C11H12ClN5O/c1-8-2-4-14-11(12)10(8)16-9(18)3-5-17-7-13-6-15-17/h2,4,6-7H,3,5H2,1H3,(H,16,18). The van der Waals surface area contributed by atoms with Gasteiger partial charge in [-0.3, -0.25) is 9.48 Å². The second-order valence-electron chi connectivity index (χ2n) is 3.75. The molecule has 0 saturated carbocycles. The van der Waals surface area contributed by atoms with Gasteiger partial charge in [0.25, 0.3) is 0 Å². The van der Waals surface area contributed by atoms with Crippen LogP contribution in [-0.2, 0) is 11.3 Å². The number of amides is 1. The predicted octanol–water partition coefficient (Wildman–Crippen LogP) is 1.66. The molecular weight excluding hydrogens is 254 g/mol. The number of pyridine rings is 1. The third-order valence-corrected chi connectivity index (χ3v) is 2.70. The zero-order valence-electron chi connectivity index (χ0n) is 9.80. The van der Waals surface area contributed by atoms with Crippen LogP contribution in [0.5, 0.6) is 0 Å². The Kier molecular flexibility index (Phi) is 3.88. The molecule has 1 amide bonds. The van der Waals surface area contributed by atoms with Gasteiger partial charge < -0.3 is 5.32 Å². The quantitative estimate of drug-likeness (QED) is 0.854. The molecule has 0 saturated heterocycles. The van der Waals surface area contributed by atoms with Crippen molar-refractivity contribution in [1.82, 2.24) is 19.7 Å². The van der Waals surface area contributed by atoms with E-state index in [1.165, 1.54) is 6.33 Å². The molecule has 94 valence electrons. The van der Waals surface area contributed by atoms with Gasteiger partial charge in [-0.15, -0.1) is 0 Å². The number of nitrogens with zero attached hydrogens (tertiary/aromatic N) is 4. The summed E-state index contributed by atoms with van der Waals surface area (Å²) in [6, 6.07) is 1.79. The smallest absolute Gasteiger partial charge is 0.226 e. The van der Waals surface area contributed by atoms with Crippen LogP contribution in [0.4, 0.5) is 5.69 Å². The fourth-order valence-electron chi connectivity index (χ4n) is 1.44. The highest BCUT2D eigenvalue weighted by atomic mass is 35.5. The van der Waals surface area contributed by atoms with E-state index in [1.807, 2.05) is 6.92 Å². The van der Waals surface area contributed by atoms with Crippen LogP contribution in [0, 0.1) is 6.92 Å². The lowest BCUT2D eigenvalue weighted by molar-refractivity contribution is -0.116. The first kappa shape index (κ1) is 12.5. The third kappa shape index (κ3) is 3.04. The van der Waals surface area contributed by atoms with E-state index < -0.39 is 0 Å². The summed E-state index contributed by atoms with van der Waals surface area (Å²) in [6.45, 7) is 2.34. The van der Waals surface area contributed by atoms with Crippen LogP contribution in [-0.4, -0.2) is 25.7 Å². The summed E-state index contributed by atoms with van der Waals surface area (Å²) in [5.41, 5.74) is 1.44. The van der Waals surface area contributed by atoms with Crippen molar-refractivity contribution in [3.63, 3.8) is 0 Å². The predicted molar refractivity (Wildman–Crippen MR) is 67.3 cm³/mol. The van der Waals surface area contributed by atoms with E-state index in [2.05, 4.69) is 20.4 Å². The lowest BCUT2D eigenvalue weighted by atomic mass is 10.2. The molecule has 0 fully saturated rings. The molecule has 7 heteroatoms. The Morgan fingerprint density at radius 1 is 1.56 bits per heavy atom. The Bertz CT molecular complexity index is 520. The summed E-state index contributed by atoms with van der Waals surface area (Å²) in [6.07, 6.45) is 4.90. The largest absolute Gasteiger partial charge is 0.323 e. The van der Waals surface area contributed by atoms with Crippen molar-refractivity contribution >= 4 is 23.2 Å². The summed E-state index contributed by atoms with van der Waals surface area (Å²) in [7, 11) is 0. The summed E-state index contributed by atoms with van der Waals surface area (Å²) < 4.78 is 1.59. The van der Waals surface area contributed by atoms with Crippen molar-refractivity contribution in [3.8, 4) is 0 Å². The van der Waals surface area contributed by atoms with Crippen LogP contribution in [0.1, 0.15) is 12.0 Å². The van der Waals surface area contributed by atoms with Gasteiger partial charge in [-0.05, 0) is 18.6 Å². The second kappa shape index (κ2) is 5.59. The van der Waals surface area contributed by atoms with Crippen LogP contribution in [0.15, 0.2) is 24.9 Å². The first-order valence-corrected chi connectivity index (χ1v) is 5.78. The molecule has 0 aromatic carbocycles. The third-order valence-electron chi connectivity index (χ3n) is 2.41. The van der Waals surface area contributed by atoms with Gasteiger partial charge in [0.05, 0.1) is 12.2 Å². The summed E-state index contributed by atoms with van der Waals surface area (Å²) >= 11 is 5.92. The van der Waals surface area contributed by atoms with E-state index in [-0.39, 0.29) is 5.91 Å².